The Morgan fingerprint density at radius 1 is 1.38 bits per heavy atom. The summed E-state index contributed by atoms with van der Waals surface area (Å²) < 4.78 is 5.15. The van der Waals surface area contributed by atoms with Gasteiger partial charge in [-0.15, -0.1) is 0 Å². The molecule has 0 saturated carbocycles. The highest BCUT2D eigenvalue weighted by molar-refractivity contribution is 5.66. The molecule has 1 atom stereocenters. The molecule has 1 aliphatic carbocycles. The first-order valence-electron chi connectivity index (χ1n) is 5.70. The van der Waals surface area contributed by atoms with E-state index in [0.29, 0.717) is 6.61 Å². The van der Waals surface area contributed by atoms with Gasteiger partial charge in [0.05, 0.1) is 6.61 Å². The van der Waals surface area contributed by atoms with Crippen LogP contribution in [0.4, 0.5) is 0 Å². The van der Waals surface area contributed by atoms with Crippen molar-refractivity contribution in [1.29, 1.82) is 0 Å². The van der Waals surface area contributed by atoms with Gasteiger partial charge in [-0.1, -0.05) is 30.7 Å². The molecule has 1 aromatic carbocycles. The maximum Gasteiger partial charge on any atom is 0.302 e. The molecule has 16 heavy (non-hydrogen) atoms. The van der Waals surface area contributed by atoms with E-state index in [9.17, 15) is 4.79 Å². The minimum atomic E-state index is -0.187. The van der Waals surface area contributed by atoms with Crippen LogP contribution in [0.2, 0.25) is 0 Å². The fourth-order valence-corrected chi connectivity index (χ4v) is 2.45. The molecule has 0 aliphatic heterocycles. The highest BCUT2D eigenvalue weighted by Gasteiger charge is 2.33. The van der Waals surface area contributed by atoms with Gasteiger partial charge in [0.15, 0.2) is 0 Å². The van der Waals surface area contributed by atoms with Crippen molar-refractivity contribution in [3.8, 4) is 0 Å². The molecule has 1 aromatic rings. The Kier molecular flexibility index (Phi) is 2.75. The second kappa shape index (κ2) is 3.93. The number of rotatable bonds is 2. The van der Waals surface area contributed by atoms with Crippen LogP contribution in [0, 0.1) is 12.3 Å². The minimum absolute atomic E-state index is 0.0851. The molecule has 2 heteroatoms. The van der Waals surface area contributed by atoms with E-state index in [1.54, 1.807) is 0 Å². The molecule has 0 heterocycles. The van der Waals surface area contributed by atoms with Gasteiger partial charge in [-0.3, -0.25) is 4.79 Å². The molecule has 2 rings (SSSR count). The monoisotopic (exact) mass is 218 g/mol. The number of carbonyl (C=O) groups excluding carboxylic acids is 1. The van der Waals surface area contributed by atoms with Crippen LogP contribution >= 0.6 is 0 Å². The molecule has 0 saturated heterocycles. The second-order valence-electron chi connectivity index (χ2n) is 5.22. The van der Waals surface area contributed by atoms with Crippen molar-refractivity contribution in [2.45, 2.75) is 33.6 Å². The fraction of sp³-hybridized carbons (Fsp3) is 0.500. The smallest absolute Gasteiger partial charge is 0.302 e. The number of carbonyl (C=O) groups is 1. The largest absolute Gasteiger partial charge is 0.465 e. The van der Waals surface area contributed by atoms with Crippen molar-refractivity contribution in [3.63, 3.8) is 0 Å². The molecular weight excluding hydrogens is 200 g/mol. The number of aryl methyl sites for hydroxylation is 1. The summed E-state index contributed by atoms with van der Waals surface area (Å²) in [5.74, 6) is -0.187. The Balaban J connectivity index is 2.11. The summed E-state index contributed by atoms with van der Waals surface area (Å²) in [6, 6.07) is 6.59. The van der Waals surface area contributed by atoms with Gasteiger partial charge in [-0.25, -0.2) is 0 Å². The topological polar surface area (TPSA) is 26.3 Å². The average molecular weight is 218 g/mol. The quantitative estimate of drug-likeness (QED) is 0.713. The predicted octanol–water partition coefficient (Wildman–Crippen LogP) is 2.66. The van der Waals surface area contributed by atoms with Crippen LogP contribution in [0.15, 0.2) is 18.2 Å². The Bertz CT molecular complexity index is 423. The van der Waals surface area contributed by atoms with E-state index < -0.39 is 0 Å². The highest BCUT2D eigenvalue weighted by Crippen LogP contribution is 2.37. The summed E-state index contributed by atoms with van der Waals surface area (Å²) >= 11 is 0. The average Bonchev–Trinajstić information content (AvgIpc) is 2.51. The van der Waals surface area contributed by atoms with Gasteiger partial charge < -0.3 is 4.74 Å². The number of esters is 1. The van der Waals surface area contributed by atoms with Crippen molar-refractivity contribution < 1.29 is 9.53 Å². The summed E-state index contributed by atoms with van der Waals surface area (Å²) in [6.07, 6.45) is 2.02. The van der Waals surface area contributed by atoms with E-state index >= 15 is 0 Å². The van der Waals surface area contributed by atoms with Gasteiger partial charge in [0.2, 0.25) is 0 Å². The molecule has 1 aliphatic rings. The lowest BCUT2D eigenvalue weighted by atomic mass is 9.88. The van der Waals surface area contributed by atoms with Gasteiger partial charge in [0.25, 0.3) is 0 Å². The molecule has 0 N–H and O–H groups in total. The van der Waals surface area contributed by atoms with Crippen LogP contribution in [0.25, 0.3) is 0 Å². The lowest BCUT2D eigenvalue weighted by Crippen LogP contribution is -2.25. The van der Waals surface area contributed by atoms with E-state index in [1.165, 1.54) is 23.6 Å². The zero-order valence-electron chi connectivity index (χ0n) is 10.2. The number of hydrogen-bond donors (Lipinski definition) is 0. The molecule has 0 amide bonds. The van der Waals surface area contributed by atoms with Gasteiger partial charge in [-0.2, -0.15) is 0 Å². The third kappa shape index (κ3) is 2.26. The maximum absolute atomic E-state index is 10.8. The molecule has 0 aromatic heterocycles. The van der Waals surface area contributed by atoms with Crippen molar-refractivity contribution in [1.82, 2.24) is 0 Å². The normalized spacial score (nSPS) is 22.9. The van der Waals surface area contributed by atoms with E-state index in [1.807, 2.05) is 0 Å². The van der Waals surface area contributed by atoms with Crippen molar-refractivity contribution in [2.24, 2.45) is 5.41 Å². The Morgan fingerprint density at radius 3 is 2.75 bits per heavy atom. The van der Waals surface area contributed by atoms with Crippen molar-refractivity contribution in [2.75, 3.05) is 6.61 Å². The first kappa shape index (κ1) is 11.2. The number of ether oxygens (including phenoxy) is 1. The van der Waals surface area contributed by atoms with Crippen LogP contribution in [-0.4, -0.2) is 12.6 Å². The van der Waals surface area contributed by atoms with E-state index in [4.69, 9.17) is 4.74 Å². The number of benzene rings is 1. The highest BCUT2D eigenvalue weighted by atomic mass is 16.5. The maximum atomic E-state index is 10.8. The molecule has 0 fully saturated rings. The van der Waals surface area contributed by atoms with E-state index in [-0.39, 0.29) is 11.4 Å². The first-order valence-corrected chi connectivity index (χ1v) is 5.70. The molecule has 86 valence electrons. The fourth-order valence-electron chi connectivity index (χ4n) is 2.45. The third-order valence-electron chi connectivity index (χ3n) is 3.22. The van der Waals surface area contributed by atoms with E-state index in [0.717, 1.165) is 12.8 Å². The van der Waals surface area contributed by atoms with Gasteiger partial charge in [-0.05, 0) is 30.9 Å². The van der Waals surface area contributed by atoms with Crippen LogP contribution < -0.4 is 0 Å². The lowest BCUT2D eigenvalue weighted by Gasteiger charge is -2.22. The molecular formula is C14H18O2. The van der Waals surface area contributed by atoms with Crippen molar-refractivity contribution >= 4 is 5.97 Å². The van der Waals surface area contributed by atoms with Crippen LogP contribution in [0.3, 0.4) is 0 Å². The second-order valence-corrected chi connectivity index (χ2v) is 5.22. The van der Waals surface area contributed by atoms with Crippen molar-refractivity contribution in [3.05, 3.63) is 34.9 Å². The first-order chi connectivity index (χ1) is 7.48. The standard InChI is InChI=1S/C14H18O2/c1-10-4-5-12-7-14(3,8-13(12)6-10)9-16-11(2)15/h4-6H,7-9H2,1-3H3/t14-/m1/s1. The third-order valence-corrected chi connectivity index (χ3v) is 3.22. The van der Waals surface area contributed by atoms with E-state index in [2.05, 4.69) is 32.0 Å². The zero-order valence-corrected chi connectivity index (χ0v) is 10.2. The summed E-state index contributed by atoms with van der Waals surface area (Å²) in [5, 5.41) is 0. The Labute approximate surface area is 96.6 Å². The summed E-state index contributed by atoms with van der Waals surface area (Å²) in [6.45, 7) is 6.29. The summed E-state index contributed by atoms with van der Waals surface area (Å²) in [5.41, 5.74) is 4.20. The summed E-state index contributed by atoms with van der Waals surface area (Å²) in [4.78, 5) is 10.8. The number of fused-ring (bicyclic) bond motifs is 1. The predicted molar refractivity (Wildman–Crippen MR) is 63.3 cm³/mol. The molecule has 0 bridgehead atoms. The Morgan fingerprint density at radius 2 is 2.06 bits per heavy atom. The van der Waals surface area contributed by atoms with Crippen LogP contribution in [-0.2, 0) is 22.4 Å². The minimum Gasteiger partial charge on any atom is -0.465 e. The Hall–Kier alpha value is -1.31. The van der Waals surface area contributed by atoms with Gasteiger partial charge >= 0.3 is 5.97 Å². The molecule has 2 nitrogen and oxygen atoms in total. The van der Waals surface area contributed by atoms with Crippen LogP contribution in [0.5, 0.6) is 0 Å². The summed E-state index contributed by atoms with van der Waals surface area (Å²) in [7, 11) is 0. The van der Waals surface area contributed by atoms with Gasteiger partial charge in [0, 0.05) is 12.3 Å². The lowest BCUT2D eigenvalue weighted by molar-refractivity contribution is -0.144. The molecule has 0 spiro atoms. The van der Waals surface area contributed by atoms with Gasteiger partial charge in [0.1, 0.15) is 0 Å². The molecule has 0 unspecified atom stereocenters. The zero-order chi connectivity index (χ0) is 11.8. The number of hydrogen-bond acceptors (Lipinski definition) is 2. The molecule has 0 radical (unpaired) electrons. The SMILES string of the molecule is CC(=O)OC[C@]1(C)Cc2ccc(C)cc2C1. The van der Waals surface area contributed by atoms with Crippen LogP contribution in [0.1, 0.15) is 30.5 Å².